The first-order valence-corrected chi connectivity index (χ1v) is 7.22. The first kappa shape index (κ1) is 14.5. The molecule has 1 fully saturated rings. The lowest BCUT2D eigenvalue weighted by molar-refractivity contribution is 0.232. The molecule has 102 valence electrons. The SMILES string of the molecule is C#Cc1c(C)c(S)c(C)c(CN2CCNCC2)c1C. The van der Waals surface area contributed by atoms with Gasteiger partial charge in [-0.25, -0.2) is 0 Å². The van der Waals surface area contributed by atoms with E-state index >= 15 is 0 Å². The topological polar surface area (TPSA) is 15.3 Å². The van der Waals surface area contributed by atoms with Crippen LogP contribution in [-0.2, 0) is 6.54 Å². The molecule has 0 spiro atoms. The quantitative estimate of drug-likeness (QED) is 0.635. The van der Waals surface area contributed by atoms with Gasteiger partial charge in [-0.2, -0.15) is 0 Å². The van der Waals surface area contributed by atoms with Gasteiger partial charge in [-0.3, -0.25) is 4.90 Å². The van der Waals surface area contributed by atoms with Crippen LogP contribution in [-0.4, -0.2) is 31.1 Å². The van der Waals surface area contributed by atoms with Gasteiger partial charge in [0.2, 0.25) is 0 Å². The van der Waals surface area contributed by atoms with E-state index in [2.05, 4.69) is 49.5 Å². The molecule has 0 atom stereocenters. The molecule has 1 aromatic rings. The molecule has 1 saturated heterocycles. The highest BCUT2D eigenvalue weighted by Gasteiger charge is 2.17. The van der Waals surface area contributed by atoms with Crippen LogP contribution in [0.25, 0.3) is 0 Å². The van der Waals surface area contributed by atoms with E-state index in [1.807, 2.05) is 0 Å². The predicted molar refractivity (Wildman–Crippen MR) is 84.0 cm³/mol. The van der Waals surface area contributed by atoms with Crippen molar-refractivity contribution in [3.05, 3.63) is 27.8 Å². The Morgan fingerprint density at radius 2 is 1.79 bits per heavy atom. The molecule has 0 aromatic heterocycles. The summed E-state index contributed by atoms with van der Waals surface area (Å²) in [5, 5.41) is 3.38. The second-order valence-electron chi connectivity index (χ2n) is 5.25. The van der Waals surface area contributed by atoms with Crippen LogP contribution in [0.5, 0.6) is 0 Å². The second-order valence-corrected chi connectivity index (χ2v) is 5.69. The van der Waals surface area contributed by atoms with Crippen LogP contribution in [0.2, 0.25) is 0 Å². The summed E-state index contributed by atoms with van der Waals surface area (Å²) in [6, 6.07) is 0. The maximum absolute atomic E-state index is 5.66. The van der Waals surface area contributed by atoms with Gasteiger partial charge in [-0.1, -0.05) is 5.92 Å². The van der Waals surface area contributed by atoms with E-state index in [-0.39, 0.29) is 0 Å². The third kappa shape index (κ3) is 2.81. The van der Waals surface area contributed by atoms with Crippen molar-refractivity contribution >= 4 is 12.6 Å². The van der Waals surface area contributed by atoms with Crippen molar-refractivity contribution in [2.45, 2.75) is 32.2 Å². The number of benzene rings is 1. The van der Waals surface area contributed by atoms with Crippen LogP contribution in [0, 0.1) is 33.1 Å². The molecule has 1 aliphatic heterocycles. The zero-order chi connectivity index (χ0) is 14.0. The first-order chi connectivity index (χ1) is 9.06. The van der Waals surface area contributed by atoms with Gasteiger partial charge in [0.15, 0.2) is 0 Å². The maximum atomic E-state index is 5.66. The Morgan fingerprint density at radius 1 is 1.16 bits per heavy atom. The molecule has 0 amide bonds. The maximum Gasteiger partial charge on any atom is 0.0315 e. The summed E-state index contributed by atoms with van der Waals surface area (Å²) in [5.74, 6) is 2.83. The Labute approximate surface area is 122 Å². The van der Waals surface area contributed by atoms with Crippen LogP contribution < -0.4 is 5.32 Å². The zero-order valence-electron chi connectivity index (χ0n) is 12.0. The van der Waals surface area contributed by atoms with Crippen molar-refractivity contribution in [3.8, 4) is 12.3 Å². The van der Waals surface area contributed by atoms with Gasteiger partial charge < -0.3 is 5.32 Å². The molecule has 0 aliphatic carbocycles. The number of nitrogens with one attached hydrogen (secondary N) is 1. The highest BCUT2D eigenvalue weighted by Crippen LogP contribution is 2.30. The van der Waals surface area contributed by atoms with Crippen LogP contribution in [0.4, 0.5) is 0 Å². The number of rotatable bonds is 2. The van der Waals surface area contributed by atoms with E-state index in [9.17, 15) is 0 Å². The minimum atomic E-state index is 0.974. The third-order valence-corrected chi connectivity index (χ3v) is 4.77. The van der Waals surface area contributed by atoms with Crippen molar-refractivity contribution in [1.82, 2.24) is 10.2 Å². The fourth-order valence-electron chi connectivity index (χ4n) is 2.80. The number of hydrogen-bond acceptors (Lipinski definition) is 3. The Kier molecular flexibility index (Phi) is 4.57. The molecular weight excluding hydrogens is 252 g/mol. The van der Waals surface area contributed by atoms with Crippen molar-refractivity contribution in [2.75, 3.05) is 26.2 Å². The van der Waals surface area contributed by atoms with Crippen LogP contribution in [0.15, 0.2) is 4.90 Å². The van der Waals surface area contributed by atoms with Crippen LogP contribution in [0.3, 0.4) is 0 Å². The molecule has 0 radical (unpaired) electrons. The van der Waals surface area contributed by atoms with Gasteiger partial charge in [-0.15, -0.1) is 19.1 Å². The lowest BCUT2D eigenvalue weighted by Gasteiger charge is -2.29. The Morgan fingerprint density at radius 3 is 2.37 bits per heavy atom. The predicted octanol–water partition coefficient (Wildman–Crippen LogP) is 2.29. The summed E-state index contributed by atoms with van der Waals surface area (Å²) in [4.78, 5) is 3.53. The van der Waals surface area contributed by atoms with Gasteiger partial charge in [0, 0.05) is 43.2 Å². The number of thiol groups is 1. The normalized spacial score (nSPS) is 16.4. The van der Waals surface area contributed by atoms with Crippen molar-refractivity contribution in [2.24, 2.45) is 0 Å². The molecule has 3 heteroatoms. The first-order valence-electron chi connectivity index (χ1n) is 6.77. The summed E-state index contributed by atoms with van der Waals surface area (Å²) in [7, 11) is 0. The van der Waals surface area contributed by atoms with Gasteiger partial charge >= 0.3 is 0 Å². The second kappa shape index (κ2) is 6.00. The standard InChI is InChI=1S/C16H22N2S/c1-5-14-11(2)15(13(4)16(19)12(14)3)10-18-8-6-17-7-9-18/h1,17,19H,6-10H2,2-4H3. The number of piperazine rings is 1. The Bertz CT molecular complexity index is 523. The molecular formula is C16H22N2S. The monoisotopic (exact) mass is 274 g/mol. The minimum Gasteiger partial charge on any atom is -0.314 e. The highest BCUT2D eigenvalue weighted by atomic mass is 32.1. The fourth-order valence-corrected chi connectivity index (χ4v) is 3.05. The lowest BCUT2D eigenvalue weighted by atomic mass is 9.93. The molecule has 1 aromatic carbocycles. The molecule has 1 aliphatic rings. The average Bonchev–Trinajstić information content (AvgIpc) is 2.43. The van der Waals surface area contributed by atoms with Crippen LogP contribution in [0.1, 0.15) is 27.8 Å². The summed E-state index contributed by atoms with van der Waals surface area (Å²) in [5.41, 5.74) is 6.01. The van der Waals surface area contributed by atoms with Crippen LogP contribution >= 0.6 is 12.6 Å². The number of hydrogen-bond donors (Lipinski definition) is 2. The van der Waals surface area contributed by atoms with E-state index in [4.69, 9.17) is 6.42 Å². The lowest BCUT2D eigenvalue weighted by Crippen LogP contribution is -2.43. The van der Waals surface area contributed by atoms with Gasteiger partial charge in [-0.05, 0) is 43.0 Å². The van der Waals surface area contributed by atoms with E-state index in [0.29, 0.717) is 0 Å². The summed E-state index contributed by atoms with van der Waals surface area (Å²) >= 11 is 4.64. The van der Waals surface area contributed by atoms with E-state index in [0.717, 1.165) is 48.7 Å². The van der Waals surface area contributed by atoms with Gasteiger partial charge in [0.25, 0.3) is 0 Å². The molecule has 2 nitrogen and oxygen atoms in total. The fraction of sp³-hybridized carbons (Fsp3) is 0.500. The Hall–Kier alpha value is -0.950. The molecule has 0 bridgehead atoms. The van der Waals surface area contributed by atoms with E-state index < -0.39 is 0 Å². The number of terminal acetylenes is 1. The highest BCUT2D eigenvalue weighted by molar-refractivity contribution is 7.80. The summed E-state index contributed by atoms with van der Waals surface area (Å²) in [6.45, 7) is 11.7. The smallest absolute Gasteiger partial charge is 0.0315 e. The summed E-state index contributed by atoms with van der Waals surface area (Å²) < 4.78 is 0. The summed E-state index contributed by atoms with van der Waals surface area (Å²) in [6.07, 6.45) is 5.66. The van der Waals surface area contributed by atoms with Gasteiger partial charge in [0.1, 0.15) is 0 Å². The largest absolute Gasteiger partial charge is 0.314 e. The molecule has 0 unspecified atom stereocenters. The third-order valence-electron chi connectivity index (χ3n) is 4.10. The molecule has 2 rings (SSSR count). The van der Waals surface area contributed by atoms with Gasteiger partial charge in [0.05, 0.1) is 0 Å². The van der Waals surface area contributed by atoms with E-state index in [1.54, 1.807) is 0 Å². The minimum absolute atomic E-state index is 0.974. The molecule has 0 saturated carbocycles. The molecule has 1 N–H and O–H groups in total. The zero-order valence-corrected chi connectivity index (χ0v) is 12.9. The number of nitrogens with zero attached hydrogens (tertiary/aromatic N) is 1. The van der Waals surface area contributed by atoms with Crippen molar-refractivity contribution in [3.63, 3.8) is 0 Å². The molecule has 1 heterocycles. The van der Waals surface area contributed by atoms with E-state index in [1.165, 1.54) is 16.7 Å². The Balaban J connectivity index is 2.39. The van der Waals surface area contributed by atoms with Crippen molar-refractivity contribution < 1.29 is 0 Å². The van der Waals surface area contributed by atoms with Crippen molar-refractivity contribution in [1.29, 1.82) is 0 Å². The average molecular weight is 274 g/mol. The molecule has 19 heavy (non-hydrogen) atoms.